The molecule has 0 amide bonds. The van der Waals surface area contributed by atoms with E-state index in [1.165, 1.54) is 25.3 Å². The first-order chi connectivity index (χ1) is 11.0. The highest BCUT2D eigenvalue weighted by atomic mass is 16.5. The van der Waals surface area contributed by atoms with Crippen LogP contribution in [-0.4, -0.2) is 17.0 Å². The third-order valence-corrected chi connectivity index (χ3v) is 4.79. The van der Waals surface area contributed by atoms with Crippen LogP contribution in [0.3, 0.4) is 0 Å². The number of ether oxygens (including phenoxy) is 1. The Morgan fingerprint density at radius 2 is 1.91 bits per heavy atom. The van der Waals surface area contributed by atoms with Crippen LogP contribution in [0.25, 0.3) is 0 Å². The van der Waals surface area contributed by atoms with E-state index in [0.717, 1.165) is 31.6 Å². The number of carboxylic acid groups (broad SMARTS) is 1. The average molecular weight is 318 g/mol. The Morgan fingerprint density at radius 1 is 1.22 bits per heavy atom. The van der Waals surface area contributed by atoms with Crippen molar-refractivity contribution in [1.82, 2.24) is 0 Å². The maximum atomic E-state index is 12.3. The Labute approximate surface area is 137 Å². The first-order valence-corrected chi connectivity index (χ1v) is 8.57. The predicted molar refractivity (Wildman–Crippen MR) is 88.7 cm³/mol. The van der Waals surface area contributed by atoms with Crippen LogP contribution < -0.4 is 4.74 Å². The van der Waals surface area contributed by atoms with E-state index in [1.807, 2.05) is 0 Å². The van der Waals surface area contributed by atoms with E-state index >= 15 is 0 Å². The summed E-state index contributed by atoms with van der Waals surface area (Å²) in [7, 11) is 0. The first-order valence-electron chi connectivity index (χ1n) is 8.57. The van der Waals surface area contributed by atoms with Crippen molar-refractivity contribution in [2.45, 2.75) is 58.8 Å². The molecule has 0 radical (unpaired) electrons. The van der Waals surface area contributed by atoms with Crippen LogP contribution in [0.1, 0.15) is 67.8 Å². The van der Waals surface area contributed by atoms with Gasteiger partial charge in [-0.3, -0.25) is 4.79 Å². The number of benzene rings is 1. The maximum absolute atomic E-state index is 12.3. The molecule has 2 rings (SSSR count). The van der Waals surface area contributed by atoms with Crippen molar-refractivity contribution in [3.63, 3.8) is 0 Å². The van der Waals surface area contributed by atoms with Crippen LogP contribution in [0.15, 0.2) is 18.2 Å². The monoisotopic (exact) mass is 318 g/mol. The van der Waals surface area contributed by atoms with E-state index in [-0.39, 0.29) is 17.5 Å². The highest BCUT2D eigenvalue weighted by Gasteiger charge is 2.27. The van der Waals surface area contributed by atoms with Crippen molar-refractivity contribution in [1.29, 1.82) is 0 Å². The Balaban J connectivity index is 1.88. The summed E-state index contributed by atoms with van der Waals surface area (Å²) in [5, 5.41) is 9.02. The lowest BCUT2D eigenvalue weighted by Crippen LogP contribution is -2.25. The second-order valence-electron chi connectivity index (χ2n) is 6.56. The van der Waals surface area contributed by atoms with Gasteiger partial charge in [-0.05, 0) is 62.3 Å². The fourth-order valence-electron chi connectivity index (χ4n) is 3.32. The number of hydrogen-bond acceptors (Lipinski definition) is 3. The van der Waals surface area contributed by atoms with Gasteiger partial charge in [0.1, 0.15) is 5.75 Å². The number of aromatic carboxylic acids is 1. The van der Waals surface area contributed by atoms with Crippen LogP contribution in [0.5, 0.6) is 5.75 Å². The molecule has 1 N–H and O–H groups in total. The van der Waals surface area contributed by atoms with Gasteiger partial charge >= 0.3 is 11.9 Å². The number of esters is 1. The molecule has 0 heterocycles. The molecular formula is C19H26O4. The highest BCUT2D eigenvalue weighted by Crippen LogP contribution is 2.33. The summed E-state index contributed by atoms with van der Waals surface area (Å²) < 4.78 is 5.45. The van der Waals surface area contributed by atoms with Gasteiger partial charge in [0.25, 0.3) is 0 Å². The SMILES string of the molecule is CCCCC1CCC(C(=O)Oc2ccc(C(=O)O)c(C)c2)CC1. The van der Waals surface area contributed by atoms with Gasteiger partial charge in [-0.15, -0.1) is 0 Å². The van der Waals surface area contributed by atoms with Crippen molar-refractivity contribution < 1.29 is 19.4 Å². The molecule has 0 aliphatic heterocycles. The van der Waals surface area contributed by atoms with E-state index in [1.54, 1.807) is 19.1 Å². The fourth-order valence-corrected chi connectivity index (χ4v) is 3.32. The smallest absolute Gasteiger partial charge is 0.335 e. The van der Waals surface area contributed by atoms with Crippen LogP contribution >= 0.6 is 0 Å². The molecule has 1 fully saturated rings. The summed E-state index contributed by atoms with van der Waals surface area (Å²) in [5.41, 5.74) is 0.840. The lowest BCUT2D eigenvalue weighted by molar-refractivity contribution is -0.140. The molecule has 0 saturated heterocycles. The molecule has 23 heavy (non-hydrogen) atoms. The summed E-state index contributed by atoms with van der Waals surface area (Å²) in [5.74, 6) is 0.0289. The number of hydrogen-bond donors (Lipinski definition) is 1. The summed E-state index contributed by atoms with van der Waals surface area (Å²) in [6.45, 7) is 3.92. The number of rotatable bonds is 6. The summed E-state index contributed by atoms with van der Waals surface area (Å²) in [6, 6.07) is 4.66. The summed E-state index contributed by atoms with van der Waals surface area (Å²) in [6.07, 6.45) is 7.79. The normalized spacial score (nSPS) is 21.0. The van der Waals surface area contributed by atoms with E-state index in [0.29, 0.717) is 11.3 Å². The van der Waals surface area contributed by atoms with Crippen molar-refractivity contribution in [3.8, 4) is 5.75 Å². The molecule has 0 aromatic heterocycles. The molecule has 0 atom stereocenters. The van der Waals surface area contributed by atoms with Crippen LogP contribution in [-0.2, 0) is 4.79 Å². The molecule has 1 aliphatic carbocycles. The van der Waals surface area contributed by atoms with Gasteiger partial charge in [0, 0.05) is 0 Å². The maximum Gasteiger partial charge on any atom is 0.335 e. The summed E-state index contributed by atoms with van der Waals surface area (Å²) in [4.78, 5) is 23.3. The molecule has 0 unspecified atom stereocenters. The standard InChI is InChI=1S/C19H26O4/c1-3-4-5-14-6-8-15(9-7-14)19(22)23-16-10-11-17(18(20)21)13(2)12-16/h10-12,14-15H,3-9H2,1-2H3,(H,20,21). The largest absolute Gasteiger partial charge is 0.478 e. The molecule has 0 bridgehead atoms. The molecule has 1 aromatic carbocycles. The molecule has 1 aromatic rings. The van der Waals surface area contributed by atoms with Crippen molar-refractivity contribution in [3.05, 3.63) is 29.3 Å². The van der Waals surface area contributed by atoms with Gasteiger partial charge < -0.3 is 9.84 Å². The summed E-state index contributed by atoms with van der Waals surface area (Å²) >= 11 is 0. The number of carbonyl (C=O) groups is 2. The molecule has 4 nitrogen and oxygen atoms in total. The van der Waals surface area contributed by atoms with E-state index in [9.17, 15) is 9.59 Å². The van der Waals surface area contributed by atoms with Crippen molar-refractivity contribution >= 4 is 11.9 Å². The second-order valence-corrected chi connectivity index (χ2v) is 6.56. The zero-order valence-corrected chi connectivity index (χ0v) is 14.0. The molecule has 1 saturated carbocycles. The molecule has 4 heteroatoms. The van der Waals surface area contributed by atoms with Crippen LogP contribution in [0.2, 0.25) is 0 Å². The number of unbranched alkanes of at least 4 members (excludes halogenated alkanes) is 1. The second kappa shape index (κ2) is 8.14. The molecule has 126 valence electrons. The zero-order chi connectivity index (χ0) is 16.8. The van der Waals surface area contributed by atoms with Crippen LogP contribution in [0.4, 0.5) is 0 Å². The Bertz CT molecular complexity index is 556. The van der Waals surface area contributed by atoms with E-state index < -0.39 is 5.97 Å². The topological polar surface area (TPSA) is 63.6 Å². The molecular weight excluding hydrogens is 292 g/mol. The van der Waals surface area contributed by atoms with Gasteiger partial charge in [-0.2, -0.15) is 0 Å². The quantitative estimate of drug-likeness (QED) is 0.615. The third-order valence-electron chi connectivity index (χ3n) is 4.79. The fraction of sp³-hybridized carbons (Fsp3) is 0.579. The zero-order valence-electron chi connectivity index (χ0n) is 14.0. The Morgan fingerprint density at radius 3 is 2.48 bits per heavy atom. The van der Waals surface area contributed by atoms with Gasteiger partial charge in [0.2, 0.25) is 0 Å². The number of carboxylic acids is 1. The van der Waals surface area contributed by atoms with Gasteiger partial charge in [0.15, 0.2) is 0 Å². The lowest BCUT2D eigenvalue weighted by atomic mass is 9.80. The highest BCUT2D eigenvalue weighted by molar-refractivity contribution is 5.89. The van der Waals surface area contributed by atoms with Gasteiger partial charge in [-0.1, -0.05) is 26.2 Å². The predicted octanol–water partition coefficient (Wildman–Crippen LogP) is 4.60. The third kappa shape index (κ3) is 4.81. The molecule has 0 spiro atoms. The van der Waals surface area contributed by atoms with E-state index in [4.69, 9.17) is 9.84 Å². The Kier molecular flexibility index (Phi) is 6.20. The minimum absolute atomic E-state index is 0.0210. The van der Waals surface area contributed by atoms with Crippen LogP contribution in [0, 0.1) is 18.8 Å². The average Bonchev–Trinajstić information content (AvgIpc) is 2.53. The first kappa shape index (κ1) is 17.5. The lowest BCUT2D eigenvalue weighted by Gasteiger charge is -2.27. The van der Waals surface area contributed by atoms with Gasteiger partial charge in [-0.25, -0.2) is 4.79 Å². The number of carbonyl (C=O) groups excluding carboxylic acids is 1. The van der Waals surface area contributed by atoms with Gasteiger partial charge in [0.05, 0.1) is 11.5 Å². The van der Waals surface area contributed by atoms with Crippen molar-refractivity contribution in [2.24, 2.45) is 11.8 Å². The number of aryl methyl sites for hydroxylation is 1. The molecule has 1 aliphatic rings. The van der Waals surface area contributed by atoms with E-state index in [2.05, 4.69) is 6.92 Å². The minimum Gasteiger partial charge on any atom is -0.478 e. The van der Waals surface area contributed by atoms with Crippen molar-refractivity contribution in [2.75, 3.05) is 0 Å². The Hall–Kier alpha value is -1.84. The minimum atomic E-state index is -0.967.